The van der Waals surface area contributed by atoms with Gasteiger partial charge in [0.15, 0.2) is 0 Å². The molecular weight excluding hydrogens is 380 g/mol. The third-order valence-electron chi connectivity index (χ3n) is 3.37. The average Bonchev–Trinajstić information content (AvgIpc) is 2.59. The summed E-state index contributed by atoms with van der Waals surface area (Å²) in [6.45, 7) is 4.98. The molecule has 0 atom stereocenters. The third kappa shape index (κ3) is 6.55. The molecule has 2 aromatic rings. The Morgan fingerprint density at radius 3 is 2.36 bits per heavy atom. The largest absolute Gasteiger partial charge is 0.491 e. The van der Waals surface area contributed by atoms with E-state index >= 15 is 0 Å². The Hall–Kier alpha value is -3.13. The Bertz CT molecular complexity index is 980. The van der Waals surface area contributed by atoms with Gasteiger partial charge in [0, 0.05) is 18.7 Å². The van der Waals surface area contributed by atoms with Crippen molar-refractivity contribution < 1.29 is 22.7 Å². The maximum absolute atomic E-state index is 12.1. The van der Waals surface area contributed by atoms with Crippen LogP contribution in [0.2, 0.25) is 0 Å². The van der Waals surface area contributed by atoms with Crippen molar-refractivity contribution in [2.45, 2.75) is 31.8 Å². The molecule has 2 rings (SSSR count). The molecule has 0 aliphatic carbocycles. The monoisotopic (exact) mass is 402 g/mol. The van der Waals surface area contributed by atoms with Gasteiger partial charge in [0.1, 0.15) is 5.75 Å². The second kappa shape index (κ2) is 9.18. The molecule has 0 saturated heterocycles. The number of hydrogen-bond donors (Lipinski definition) is 2. The van der Waals surface area contributed by atoms with Gasteiger partial charge in [-0.25, -0.2) is 13.1 Å². The predicted octanol–water partition coefficient (Wildman–Crippen LogP) is 2.95. The zero-order valence-corrected chi connectivity index (χ0v) is 16.6. The number of nitrogens with one attached hydrogen (secondary N) is 2. The summed E-state index contributed by atoms with van der Waals surface area (Å²) < 4.78 is 31.3. The first-order chi connectivity index (χ1) is 13.2. The molecule has 0 bridgehead atoms. The molecule has 2 N–H and O–H groups in total. The van der Waals surface area contributed by atoms with Crippen LogP contribution in [-0.2, 0) is 19.6 Å². The molecule has 0 heterocycles. The van der Waals surface area contributed by atoms with Crippen LogP contribution >= 0.6 is 0 Å². The minimum atomic E-state index is -3.90. The highest BCUT2D eigenvalue weighted by Crippen LogP contribution is 2.17. The lowest BCUT2D eigenvalue weighted by Gasteiger charge is -2.09. The first-order valence-electron chi connectivity index (χ1n) is 8.55. The molecule has 0 aromatic heterocycles. The number of rotatable bonds is 7. The van der Waals surface area contributed by atoms with E-state index in [1.54, 1.807) is 6.08 Å². The normalized spacial score (nSPS) is 11.4. The quantitative estimate of drug-likeness (QED) is 0.694. The number of sulfonamides is 1. The topological polar surface area (TPSA) is 102 Å². The lowest BCUT2D eigenvalue weighted by molar-refractivity contribution is -0.117. The van der Waals surface area contributed by atoms with E-state index < -0.39 is 15.9 Å². The maximum Gasteiger partial charge on any atom is 0.264 e. The number of carbonyl (C=O) groups excluding carboxylic acids is 2. The Kier molecular flexibility index (Phi) is 6.94. The smallest absolute Gasteiger partial charge is 0.264 e. The molecule has 2 amide bonds. The van der Waals surface area contributed by atoms with Crippen LogP contribution in [0.3, 0.4) is 0 Å². The van der Waals surface area contributed by atoms with E-state index in [2.05, 4.69) is 5.32 Å². The molecule has 2 aromatic carbocycles. The minimum absolute atomic E-state index is 0.0555. The first-order valence-corrected chi connectivity index (χ1v) is 10.0. The van der Waals surface area contributed by atoms with E-state index in [0.29, 0.717) is 11.4 Å². The number of carbonyl (C=O) groups is 2. The molecule has 0 unspecified atom stereocenters. The Morgan fingerprint density at radius 2 is 1.75 bits per heavy atom. The van der Waals surface area contributed by atoms with Crippen molar-refractivity contribution >= 4 is 33.6 Å². The van der Waals surface area contributed by atoms with Gasteiger partial charge in [-0.1, -0.05) is 12.1 Å². The third-order valence-corrected chi connectivity index (χ3v) is 4.82. The van der Waals surface area contributed by atoms with Crippen LogP contribution in [0.15, 0.2) is 59.5 Å². The van der Waals surface area contributed by atoms with Crippen molar-refractivity contribution in [2.75, 3.05) is 5.32 Å². The van der Waals surface area contributed by atoms with Crippen LogP contribution in [0.25, 0.3) is 6.08 Å². The zero-order chi connectivity index (χ0) is 20.7. The molecule has 7 nitrogen and oxygen atoms in total. The van der Waals surface area contributed by atoms with Crippen LogP contribution in [0.1, 0.15) is 26.3 Å². The van der Waals surface area contributed by atoms with Crippen LogP contribution in [0.5, 0.6) is 5.75 Å². The van der Waals surface area contributed by atoms with E-state index in [9.17, 15) is 18.0 Å². The number of anilines is 1. The fourth-order valence-electron chi connectivity index (χ4n) is 2.29. The Labute approximate surface area is 164 Å². The van der Waals surface area contributed by atoms with Gasteiger partial charge >= 0.3 is 0 Å². The lowest BCUT2D eigenvalue weighted by Crippen LogP contribution is -2.28. The maximum atomic E-state index is 12.1. The summed E-state index contributed by atoms with van der Waals surface area (Å²) in [6.07, 6.45) is 3.08. The molecule has 0 radical (unpaired) electrons. The standard InChI is InChI=1S/C20H22N2O5S/c1-14(2)27-18-6-4-5-16(13-18)7-12-20(24)21-17-8-10-19(11-9-17)28(25,26)22-15(3)23/h4-14H,1-3H3,(H,21,24)(H,22,23)/b12-7+. The van der Waals surface area contributed by atoms with Gasteiger partial charge in [0.2, 0.25) is 11.8 Å². The summed E-state index contributed by atoms with van der Waals surface area (Å²) in [4.78, 5) is 22.9. The van der Waals surface area contributed by atoms with Crippen LogP contribution < -0.4 is 14.8 Å². The van der Waals surface area contributed by atoms with Crippen LogP contribution in [0, 0.1) is 0 Å². The number of benzene rings is 2. The summed E-state index contributed by atoms with van der Waals surface area (Å²) in [7, 11) is -3.90. The summed E-state index contributed by atoms with van der Waals surface area (Å²) in [6, 6.07) is 12.8. The molecule has 8 heteroatoms. The second-order valence-corrected chi connectivity index (χ2v) is 7.93. The second-order valence-electron chi connectivity index (χ2n) is 6.25. The first kappa shape index (κ1) is 21.2. The van der Waals surface area contributed by atoms with E-state index in [0.717, 1.165) is 12.5 Å². The average molecular weight is 402 g/mol. The zero-order valence-electron chi connectivity index (χ0n) is 15.8. The predicted molar refractivity (Wildman–Crippen MR) is 107 cm³/mol. The SMILES string of the molecule is CC(=O)NS(=O)(=O)c1ccc(NC(=O)/C=C/c2cccc(OC(C)C)c2)cc1. The number of amides is 2. The molecule has 0 spiro atoms. The highest BCUT2D eigenvalue weighted by Gasteiger charge is 2.15. The van der Waals surface area contributed by atoms with E-state index in [1.165, 1.54) is 30.3 Å². The van der Waals surface area contributed by atoms with Crippen molar-refractivity contribution in [3.63, 3.8) is 0 Å². The van der Waals surface area contributed by atoms with Crippen LogP contribution in [0.4, 0.5) is 5.69 Å². The summed E-state index contributed by atoms with van der Waals surface area (Å²) in [5.74, 6) is -0.327. The Balaban J connectivity index is 2.01. The number of ether oxygens (including phenoxy) is 1. The molecule has 0 fully saturated rings. The fraction of sp³-hybridized carbons (Fsp3) is 0.200. The molecule has 0 aliphatic rings. The van der Waals surface area contributed by atoms with Crippen LogP contribution in [-0.4, -0.2) is 26.3 Å². The van der Waals surface area contributed by atoms with E-state index in [4.69, 9.17) is 4.74 Å². The summed E-state index contributed by atoms with van der Waals surface area (Å²) in [5, 5.41) is 2.64. The van der Waals surface area contributed by atoms with Crippen molar-refractivity contribution in [3.8, 4) is 5.75 Å². The molecular formula is C20H22N2O5S. The van der Waals surface area contributed by atoms with Gasteiger partial charge in [-0.05, 0) is 61.9 Å². The van der Waals surface area contributed by atoms with Gasteiger partial charge in [0.25, 0.3) is 10.0 Å². The van der Waals surface area contributed by atoms with Crippen molar-refractivity contribution in [2.24, 2.45) is 0 Å². The van der Waals surface area contributed by atoms with Gasteiger partial charge in [0.05, 0.1) is 11.0 Å². The van der Waals surface area contributed by atoms with Crippen molar-refractivity contribution in [1.82, 2.24) is 4.72 Å². The Morgan fingerprint density at radius 1 is 1.07 bits per heavy atom. The number of hydrogen-bond acceptors (Lipinski definition) is 5. The highest BCUT2D eigenvalue weighted by molar-refractivity contribution is 7.90. The highest BCUT2D eigenvalue weighted by atomic mass is 32.2. The van der Waals surface area contributed by atoms with Crippen molar-refractivity contribution in [1.29, 1.82) is 0 Å². The molecule has 148 valence electrons. The van der Waals surface area contributed by atoms with Gasteiger partial charge in [-0.3, -0.25) is 9.59 Å². The van der Waals surface area contributed by atoms with Gasteiger partial charge in [-0.2, -0.15) is 0 Å². The van der Waals surface area contributed by atoms with E-state index in [-0.39, 0.29) is 16.9 Å². The summed E-state index contributed by atoms with van der Waals surface area (Å²) in [5.41, 5.74) is 1.23. The molecule has 0 aliphatic heterocycles. The minimum Gasteiger partial charge on any atom is -0.491 e. The van der Waals surface area contributed by atoms with Gasteiger partial charge < -0.3 is 10.1 Å². The molecule has 28 heavy (non-hydrogen) atoms. The van der Waals surface area contributed by atoms with Crippen molar-refractivity contribution in [3.05, 3.63) is 60.2 Å². The fourth-order valence-corrected chi connectivity index (χ4v) is 3.28. The van der Waals surface area contributed by atoms with Gasteiger partial charge in [-0.15, -0.1) is 0 Å². The van der Waals surface area contributed by atoms with E-state index in [1.807, 2.05) is 42.8 Å². The molecule has 0 saturated carbocycles. The summed E-state index contributed by atoms with van der Waals surface area (Å²) >= 11 is 0. The lowest BCUT2D eigenvalue weighted by atomic mass is 10.2.